The van der Waals surface area contributed by atoms with Gasteiger partial charge in [0, 0.05) is 28.9 Å². The highest BCUT2D eigenvalue weighted by molar-refractivity contribution is 6.09. The molecule has 0 saturated heterocycles. The Balaban J connectivity index is 1.83. The van der Waals surface area contributed by atoms with Gasteiger partial charge in [-0.05, 0) is 30.3 Å². The molecule has 0 spiro atoms. The molecule has 0 radical (unpaired) electrons. The largest absolute Gasteiger partial charge is 0.508 e. The van der Waals surface area contributed by atoms with Gasteiger partial charge in [0.25, 0.3) is 5.69 Å². The second kappa shape index (κ2) is 6.84. The van der Waals surface area contributed by atoms with Crippen LogP contribution in [0, 0.1) is 10.1 Å². The highest BCUT2D eigenvalue weighted by Crippen LogP contribution is 2.31. The van der Waals surface area contributed by atoms with Gasteiger partial charge in [-0.1, -0.05) is 30.3 Å². The second-order valence-electron chi connectivity index (χ2n) is 5.36. The Bertz CT molecular complexity index is 922. The van der Waals surface area contributed by atoms with Crippen molar-refractivity contribution in [3.63, 3.8) is 0 Å². The number of hydrogen-bond donors (Lipinski definition) is 2. The Morgan fingerprint density at radius 3 is 2.20 bits per heavy atom. The van der Waals surface area contributed by atoms with E-state index in [-0.39, 0.29) is 22.9 Å². The first-order chi connectivity index (χ1) is 12.0. The predicted molar refractivity (Wildman–Crippen MR) is 94.4 cm³/mol. The molecular weight excluding hydrogens is 320 g/mol. The van der Waals surface area contributed by atoms with Crippen LogP contribution >= 0.6 is 0 Å². The fourth-order valence-corrected chi connectivity index (χ4v) is 2.40. The van der Waals surface area contributed by atoms with Gasteiger partial charge >= 0.3 is 0 Å². The van der Waals surface area contributed by atoms with E-state index < -0.39 is 4.92 Å². The van der Waals surface area contributed by atoms with Gasteiger partial charge in [-0.3, -0.25) is 14.9 Å². The first-order valence-electron chi connectivity index (χ1n) is 7.49. The number of rotatable bonds is 5. The first-order valence-corrected chi connectivity index (χ1v) is 7.49. The molecular formula is C19H14N2O4. The van der Waals surface area contributed by atoms with Crippen molar-refractivity contribution in [1.29, 1.82) is 0 Å². The van der Waals surface area contributed by atoms with Gasteiger partial charge in [-0.25, -0.2) is 0 Å². The maximum atomic E-state index is 12.4. The number of nitro groups is 1. The number of nitrogens with one attached hydrogen (secondary N) is 1. The lowest BCUT2D eigenvalue weighted by atomic mass is 10.0. The molecule has 124 valence electrons. The lowest BCUT2D eigenvalue weighted by Crippen LogP contribution is -2.01. The quantitative estimate of drug-likeness (QED) is 0.413. The van der Waals surface area contributed by atoms with E-state index in [0.717, 1.165) is 0 Å². The Morgan fingerprint density at radius 2 is 1.56 bits per heavy atom. The van der Waals surface area contributed by atoms with E-state index >= 15 is 0 Å². The topological polar surface area (TPSA) is 92.5 Å². The van der Waals surface area contributed by atoms with Crippen molar-refractivity contribution >= 4 is 22.8 Å². The Morgan fingerprint density at radius 1 is 0.920 bits per heavy atom. The molecule has 3 aromatic rings. The van der Waals surface area contributed by atoms with E-state index in [1.807, 2.05) is 6.07 Å². The summed E-state index contributed by atoms with van der Waals surface area (Å²) in [5.41, 5.74) is 1.70. The van der Waals surface area contributed by atoms with E-state index in [2.05, 4.69) is 5.32 Å². The molecule has 0 fully saturated rings. The van der Waals surface area contributed by atoms with Crippen LogP contribution in [-0.2, 0) is 0 Å². The van der Waals surface area contributed by atoms with Crippen LogP contribution in [0.4, 0.5) is 17.1 Å². The van der Waals surface area contributed by atoms with Crippen LogP contribution in [-0.4, -0.2) is 15.8 Å². The molecule has 0 saturated carbocycles. The van der Waals surface area contributed by atoms with Crippen molar-refractivity contribution in [2.75, 3.05) is 5.32 Å². The number of ketones is 1. The summed E-state index contributed by atoms with van der Waals surface area (Å²) in [6.45, 7) is 0. The van der Waals surface area contributed by atoms with Crippen LogP contribution in [0.1, 0.15) is 15.9 Å². The minimum atomic E-state index is -0.533. The third-order valence-electron chi connectivity index (χ3n) is 3.64. The average Bonchev–Trinajstić information content (AvgIpc) is 2.62. The van der Waals surface area contributed by atoms with Crippen molar-refractivity contribution < 1.29 is 14.8 Å². The van der Waals surface area contributed by atoms with Gasteiger partial charge in [-0.2, -0.15) is 0 Å². The van der Waals surface area contributed by atoms with E-state index in [0.29, 0.717) is 16.8 Å². The van der Waals surface area contributed by atoms with Gasteiger partial charge in [-0.15, -0.1) is 0 Å². The summed E-state index contributed by atoms with van der Waals surface area (Å²) in [5, 5.41) is 23.5. The zero-order chi connectivity index (χ0) is 17.8. The summed E-state index contributed by atoms with van der Waals surface area (Å²) >= 11 is 0. The number of aromatic hydroxyl groups is 1. The number of hydrogen-bond acceptors (Lipinski definition) is 5. The van der Waals surface area contributed by atoms with Crippen LogP contribution in [0.25, 0.3) is 0 Å². The van der Waals surface area contributed by atoms with Gasteiger partial charge < -0.3 is 10.4 Å². The Hall–Kier alpha value is -3.67. The molecule has 0 aliphatic heterocycles. The Labute approximate surface area is 143 Å². The number of phenols is 1. The number of nitrogens with zero attached hydrogens (tertiary/aromatic N) is 1. The maximum Gasteiger partial charge on any atom is 0.292 e. The summed E-state index contributed by atoms with van der Waals surface area (Å²) in [4.78, 5) is 22.9. The van der Waals surface area contributed by atoms with Crippen molar-refractivity contribution in [2.45, 2.75) is 0 Å². The lowest BCUT2D eigenvalue weighted by molar-refractivity contribution is -0.383. The van der Waals surface area contributed by atoms with Crippen molar-refractivity contribution in [2.24, 2.45) is 0 Å². The molecule has 0 unspecified atom stereocenters. The van der Waals surface area contributed by atoms with Crippen molar-refractivity contribution in [1.82, 2.24) is 0 Å². The minimum absolute atomic E-state index is 0.0797. The molecule has 0 atom stereocenters. The van der Waals surface area contributed by atoms with Crippen molar-refractivity contribution in [3.8, 4) is 5.75 Å². The molecule has 25 heavy (non-hydrogen) atoms. The molecule has 2 N–H and O–H groups in total. The van der Waals surface area contributed by atoms with Gasteiger partial charge in [0.1, 0.15) is 11.4 Å². The fourth-order valence-electron chi connectivity index (χ4n) is 2.40. The van der Waals surface area contributed by atoms with Crippen LogP contribution in [0.5, 0.6) is 5.75 Å². The normalized spacial score (nSPS) is 10.2. The number of carbonyl (C=O) groups is 1. The summed E-state index contributed by atoms with van der Waals surface area (Å²) in [5.74, 6) is -0.181. The minimum Gasteiger partial charge on any atom is -0.508 e. The third-order valence-corrected chi connectivity index (χ3v) is 3.64. The monoisotopic (exact) mass is 334 g/mol. The predicted octanol–water partition coefficient (Wildman–Crippen LogP) is 4.28. The number of anilines is 2. The fraction of sp³-hybridized carbons (Fsp3) is 0. The molecule has 0 heterocycles. The van der Waals surface area contributed by atoms with E-state index in [4.69, 9.17) is 0 Å². The standard InChI is InChI=1S/C19H14N2O4/c22-16-10-11-18(21(24)25)17(12-16)20-15-8-6-14(7-9-15)19(23)13-4-2-1-3-5-13/h1-12,20,22H. The van der Waals surface area contributed by atoms with Crippen molar-refractivity contribution in [3.05, 3.63) is 94.0 Å². The number of phenolic OH excluding ortho intramolecular Hbond substituents is 1. The van der Waals surface area contributed by atoms with E-state index in [1.54, 1.807) is 48.5 Å². The number of carbonyl (C=O) groups excluding carboxylic acids is 1. The third kappa shape index (κ3) is 3.64. The Kier molecular flexibility index (Phi) is 4.43. The summed E-state index contributed by atoms with van der Waals surface area (Å²) in [7, 11) is 0. The first kappa shape index (κ1) is 16.2. The van der Waals surface area contributed by atoms with Crippen LogP contribution < -0.4 is 5.32 Å². The van der Waals surface area contributed by atoms with Gasteiger partial charge in [0.2, 0.25) is 0 Å². The molecule has 6 heteroatoms. The molecule has 3 aromatic carbocycles. The van der Waals surface area contributed by atoms with Gasteiger partial charge in [0.15, 0.2) is 5.78 Å². The molecule has 0 aliphatic rings. The zero-order valence-corrected chi connectivity index (χ0v) is 13.0. The smallest absolute Gasteiger partial charge is 0.292 e. The summed E-state index contributed by atoms with van der Waals surface area (Å²) in [6, 6.07) is 19.3. The maximum absolute atomic E-state index is 12.4. The molecule has 3 rings (SSSR count). The molecule has 0 bridgehead atoms. The SMILES string of the molecule is O=C(c1ccccc1)c1ccc(Nc2cc(O)ccc2[N+](=O)[O-])cc1. The van der Waals surface area contributed by atoms with Gasteiger partial charge in [0.05, 0.1) is 4.92 Å². The number of nitro benzene ring substituents is 1. The van der Waals surface area contributed by atoms with Crippen LogP contribution in [0.15, 0.2) is 72.8 Å². The second-order valence-corrected chi connectivity index (χ2v) is 5.36. The summed E-state index contributed by atoms with van der Waals surface area (Å²) in [6.07, 6.45) is 0. The van der Waals surface area contributed by atoms with Crippen LogP contribution in [0.2, 0.25) is 0 Å². The molecule has 0 amide bonds. The van der Waals surface area contributed by atoms with E-state index in [1.165, 1.54) is 18.2 Å². The lowest BCUT2D eigenvalue weighted by Gasteiger charge is -2.08. The van der Waals surface area contributed by atoms with E-state index in [9.17, 15) is 20.0 Å². The zero-order valence-electron chi connectivity index (χ0n) is 13.0. The molecule has 0 aromatic heterocycles. The number of benzene rings is 3. The average molecular weight is 334 g/mol. The molecule has 6 nitrogen and oxygen atoms in total. The molecule has 0 aliphatic carbocycles. The highest BCUT2D eigenvalue weighted by Gasteiger charge is 2.15. The van der Waals surface area contributed by atoms with Crippen LogP contribution in [0.3, 0.4) is 0 Å². The highest BCUT2D eigenvalue weighted by atomic mass is 16.6. The summed E-state index contributed by atoms with van der Waals surface area (Å²) < 4.78 is 0.